The molecule has 0 spiro atoms. The van der Waals surface area contributed by atoms with Gasteiger partial charge in [-0.05, 0) is 24.6 Å². The lowest BCUT2D eigenvalue weighted by Gasteiger charge is -2.21. The van der Waals surface area contributed by atoms with Crippen molar-refractivity contribution in [2.75, 3.05) is 19.7 Å². The fraction of sp³-hybridized carbons (Fsp3) is 0.455. The predicted octanol–water partition coefficient (Wildman–Crippen LogP) is 1.98. The Morgan fingerprint density at radius 1 is 1.39 bits per heavy atom. The lowest BCUT2D eigenvalue weighted by atomic mass is 10.3. The SMILES string of the molecule is CCCN(CCO)S(=O)(=O)c1cc(Br)ccc1F. The Bertz CT molecular complexity index is 501. The molecule has 0 aliphatic heterocycles. The molecule has 7 heteroatoms. The lowest BCUT2D eigenvalue weighted by molar-refractivity contribution is 0.253. The number of rotatable bonds is 6. The van der Waals surface area contributed by atoms with Crippen LogP contribution in [0.25, 0.3) is 0 Å². The van der Waals surface area contributed by atoms with Crippen molar-refractivity contribution in [1.29, 1.82) is 0 Å². The van der Waals surface area contributed by atoms with Gasteiger partial charge in [0, 0.05) is 17.6 Å². The fourth-order valence-electron chi connectivity index (χ4n) is 1.53. The molecular formula is C11H15BrFNO3S. The maximum Gasteiger partial charge on any atom is 0.246 e. The summed E-state index contributed by atoms with van der Waals surface area (Å²) in [6, 6.07) is 3.76. The van der Waals surface area contributed by atoms with Gasteiger partial charge in [0.25, 0.3) is 0 Å². The summed E-state index contributed by atoms with van der Waals surface area (Å²) in [4.78, 5) is -0.376. The summed E-state index contributed by atoms with van der Waals surface area (Å²) < 4.78 is 39.7. The molecule has 102 valence electrons. The predicted molar refractivity (Wildman–Crippen MR) is 70.2 cm³/mol. The van der Waals surface area contributed by atoms with Crippen LogP contribution in [0.3, 0.4) is 0 Å². The Kier molecular flexibility index (Phi) is 5.71. The van der Waals surface area contributed by atoms with Crippen LogP contribution < -0.4 is 0 Å². The number of nitrogens with zero attached hydrogens (tertiary/aromatic N) is 1. The molecule has 0 radical (unpaired) electrons. The zero-order valence-corrected chi connectivity index (χ0v) is 12.3. The molecule has 1 aromatic carbocycles. The van der Waals surface area contributed by atoms with E-state index in [9.17, 15) is 12.8 Å². The second-order valence-electron chi connectivity index (χ2n) is 3.70. The average Bonchev–Trinajstić information content (AvgIpc) is 2.32. The summed E-state index contributed by atoms with van der Waals surface area (Å²) in [5, 5.41) is 8.89. The molecule has 0 unspecified atom stereocenters. The first-order valence-electron chi connectivity index (χ1n) is 5.49. The van der Waals surface area contributed by atoms with Crippen LogP contribution in [0, 0.1) is 5.82 Å². The van der Waals surface area contributed by atoms with E-state index in [2.05, 4.69) is 15.9 Å². The third-order valence-electron chi connectivity index (χ3n) is 2.33. The average molecular weight is 340 g/mol. The van der Waals surface area contributed by atoms with E-state index in [1.165, 1.54) is 12.1 Å². The molecule has 0 aliphatic rings. The van der Waals surface area contributed by atoms with E-state index < -0.39 is 15.8 Å². The second kappa shape index (κ2) is 6.60. The van der Waals surface area contributed by atoms with E-state index in [0.717, 1.165) is 10.4 Å². The third kappa shape index (κ3) is 3.50. The van der Waals surface area contributed by atoms with Gasteiger partial charge in [0.2, 0.25) is 10.0 Å². The van der Waals surface area contributed by atoms with Gasteiger partial charge in [-0.1, -0.05) is 22.9 Å². The van der Waals surface area contributed by atoms with Crippen molar-refractivity contribution in [3.63, 3.8) is 0 Å². The molecule has 0 heterocycles. The van der Waals surface area contributed by atoms with Gasteiger partial charge in [-0.2, -0.15) is 4.31 Å². The molecular weight excluding hydrogens is 325 g/mol. The van der Waals surface area contributed by atoms with Crippen LogP contribution in [0.2, 0.25) is 0 Å². The number of hydrogen-bond acceptors (Lipinski definition) is 3. The van der Waals surface area contributed by atoms with E-state index in [1.807, 2.05) is 6.92 Å². The highest BCUT2D eigenvalue weighted by molar-refractivity contribution is 9.10. The highest BCUT2D eigenvalue weighted by Crippen LogP contribution is 2.23. The van der Waals surface area contributed by atoms with E-state index >= 15 is 0 Å². The van der Waals surface area contributed by atoms with Crippen molar-refractivity contribution in [1.82, 2.24) is 4.31 Å². The van der Waals surface area contributed by atoms with Crippen LogP contribution in [0.5, 0.6) is 0 Å². The van der Waals surface area contributed by atoms with E-state index in [1.54, 1.807) is 0 Å². The molecule has 0 amide bonds. The van der Waals surface area contributed by atoms with Crippen molar-refractivity contribution < 1.29 is 17.9 Å². The van der Waals surface area contributed by atoms with Gasteiger partial charge in [-0.25, -0.2) is 12.8 Å². The Morgan fingerprint density at radius 3 is 2.61 bits per heavy atom. The van der Waals surface area contributed by atoms with E-state index in [-0.39, 0.29) is 24.6 Å². The number of aliphatic hydroxyl groups excluding tert-OH is 1. The van der Waals surface area contributed by atoms with Crippen molar-refractivity contribution in [3.05, 3.63) is 28.5 Å². The molecule has 1 rings (SSSR count). The maximum absolute atomic E-state index is 13.6. The highest BCUT2D eigenvalue weighted by Gasteiger charge is 2.26. The minimum absolute atomic E-state index is 0.0396. The summed E-state index contributed by atoms with van der Waals surface area (Å²) in [6.07, 6.45) is 0.592. The monoisotopic (exact) mass is 339 g/mol. The van der Waals surface area contributed by atoms with Gasteiger partial charge in [0.05, 0.1) is 6.61 Å². The third-order valence-corrected chi connectivity index (χ3v) is 4.74. The summed E-state index contributed by atoms with van der Waals surface area (Å²) in [5.41, 5.74) is 0. The molecule has 1 aromatic rings. The van der Waals surface area contributed by atoms with Crippen LogP contribution in [0.1, 0.15) is 13.3 Å². The van der Waals surface area contributed by atoms with Gasteiger partial charge in [0.1, 0.15) is 10.7 Å². The summed E-state index contributed by atoms with van der Waals surface area (Å²) in [5.74, 6) is -0.794. The molecule has 0 aliphatic carbocycles. The minimum Gasteiger partial charge on any atom is -0.395 e. The second-order valence-corrected chi connectivity index (χ2v) is 6.52. The summed E-state index contributed by atoms with van der Waals surface area (Å²) >= 11 is 3.12. The quantitative estimate of drug-likeness (QED) is 0.862. The van der Waals surface area contributed by atoms with Gasteiger partial charge < -0.3 is 5.11 Å². The number of sulfonamides is 1. The minimum atomic E-state index is -3.91. The van der Waals surface area contributed by atoms with Crippen LogP contribution in [-0.2, 0) is 10.0 Å². The van der Waals surface area contributed by atoms with Gasteiger partial charge >= 0.3 is 0 Å². The molecule has 4 nitrogen and oxygen atoms in total. The highest BCUT2D eigenvalue weighted by atomic mass is 79.9. The fourth-order valence-corrected chi connectivity index (χ4v) is 3.65. The van der Waals surface area contributed by atoms with Crippen LogP contribution >= 0.6 is 15.9 Å². The van der Waals surface area contributed by atoms with E-state index in [4.69, 9.17) is 5.11 Å². The molecule has 0 saturated heterocycles. The van der Waals surface area contributed by atoms with Gasteiger partial charge in [-0.15, -0.1) is 0 Å². The largest absolute Gasteiger partial charge is 0.395 e. The maximum atomic E-state index is 13.6. The molecule has 0 saturated carbocycles. The molecule has 1 N–H and O–H groups in total. The van der Waals surface area contributed by atoms with Gasteiger partial charge in [0.15, 0.2) is 0 Å². The number of aliphatic hydroxyl groups is 1. The van der Waals surface area contributed by atoms with E-state index in [0.29, 0.717) is 10.9 Å². The summed E-state index contributed by atoms with van der Waals surface area (Å²) in [6.45, 7) is 1.73. The van der Waals surface area contributed by atoms with Crippen LogP contribution in [0.4, 0.5) is 4.39 Å². The zero-order valence-electron chi connectivity index (χ0n) is 9.94. The van der Waals surface area contributed by atoms with Crippen molar-refractivity contribution in [2.45, 2.75) is 18.2 Å². The lowest BCUT2D eigenvalue weighted by Crippen LogP contribution is -2.34. The first kappa shape index (κ1) is 15.6. The van der Waals surface area contributed by atoms with Crippen molar-refractivity contribution in [2.24, 2.45) is 0 Å². The first-order valence-corrected chi connectivity index (χ1v) is 7.72. The van der Waals surface area contributed by atoms with Crippen LogP contribution in [0.15, 0.2) is 27.6 Å². The molecule has 0 fully saturated rings. The van der Waals surface area contributed by atoms with Crippen LogP contribution in [-0.4, -0.2) is 37.5 Å². The molecule has 0 bridgehead atoms. The Morgan fingerprint density at radius 2 is 2.06 bits per heavy atom. The smallest absolute Gasteiger partial charge is 0.246 e. The Labute approximate surface area is 115 Å². The Balaban J connectivity index is 3.21. The molecule has 0 aromatic heterocycles. The van der Waals surface area contributed by atoms with Gasteiger partial charge in [-0.3, -0.25) is 0 Å². The molecule has 0 atom stereocenters. The summed E-state index contributed by atoms with van der Waals surface area (Å²) in [7, 11) is -3.91. The number of benzene rings is 1. The topological polar surface area (TPSA) is 57.6 Å². The molecule has 18 heavy (non-hydrogen) atoms. The van der Waals surface area contributed by atoms with Crippen molar-refractivity contribution in [3.8, 4) is 0 Å². The zero-order chi connectivity index (χ0) is 13.8. The number of hydrogen-bond donors (Lipinski definition) is 1. The standard InChI is InChI=1S/C11H15BrFNO3S/c1-2-5-14(6-7-15)18(16,17)11-8-9(12)3-4-10(11)13/h3-4,8,15H,2,5-7H2,1H3. The number of halogens is 2. The van der Waals surface area contributed by atoms with Crippen molar-refractivity contribution >= 4 is 26.0 Å². The first-order chi connectivity index (χ1) is 8.43. The Hall–Kier alpha value is -0.500. The normalized spacial score (nSPS) is 12.1.